The van der Waals surface area contributed by atoms with Crippen LogP contribution in [0.4, 0.5) is 29.0 Å². The molecule has 10 heteroatoms. The van der Waals surface area contributed by atoms with Gasteiger partial charge in [-0.3, -0.25) is 0 Å². The zero-order valence-corrected chi connectivity index (χ0v) is 22.5. The fraction of sp³-hybridized carbons (Fsp3) is 0.414. The zero-order chi connectivity index (χ0) is 27.0. The number of nitrogens with zero attached hydrogens (tertiary/aromatic N) is 7. The van der Waals surface area contributed by atoms with Crippen LogP contribution in [0.25, 0.3) is 0 Å². The number of nitrogens with one attached hydrogen (secondary N) is 1. The molecule has 39 heavy (non-hydrogen) atoms. The maximum atomic E-state index is 11.2. The number of hydrazine groups is 1. The lowest BCUT2D eigenvalue weighted by Crippen LogP contribution is -2.37. The number of allylic oxidation sites excluding steroid dienone is 1. The molecule has 2 bridgehead atoms. The smallest absolute Gasteiger partial charge is 0.229 e. The van der Waals surface area contributed by atoms with Gasteiger partial charge in [0.2, 0.25) is 5.95 Å². The van der Waals surface area contributed by atoms with Gasteiger partial charge >= 0.3 is 0 Å². The highest BCUT2D eigenvalue weighted by Crippen LogP contribution is 2.42. The van der Waals surface area contributed by atoms with Crippen molar-refractivity contribution in [1.29, 1.82) is 0 Å². The predicted octanol–water partition coefficient (Wildman–Crippen LogP) is 3.67. The van der Waals surface area contributed by atoms with Crippen molar-refractivity contribution < 1.29 is 10.2 Å². The fourth-order valence-corrected chi connectivity index (χ4v) is 5.43. The van der Waals surface area contributed by atoms with Crippen molar-refractivity contribution in [2.45, 2.75) is 38.0 Å². The van der Waals surface area contributed by atoms with Crippen molar-refractivity contribution >= 4 is 29.0 Å². The van der Waals surface area contributed by atoms with Gasteiger partial charge in [0.15, 0.2) is 12.0 Å². The first-order valence-corrected chi connectivity index (χ1v) is 13.7. The van der Waals surface area contributed by atoms with Gasteiger partial charge in [-0.25, -0.2) is 15.0 Å². The second kappa shape index (κ2) is 10.5. The summed E-state index contributed by atoms with van der Waals surface area (Å²) in [5.74, 6) is 1.57. The maximum absolute atomic E-state index is 11.2. The molecule has 6 rings (SSSR count). The van der Waals surface area contributed by atoms with Gasteiger partial charge in [0.1, 0.15) is 11.4 Å². The summed E-state index contributed by atoms with van der Waals surface area (Å²) < 4.78 is 0. The van der Waals surface area contributed by atoms with Crippen LogP contribution in [0.15, 0.2) is 60.8 Å². The van der Waals surface area contributed by atoms with Gasteiger partial charge in [-0.2, -0.15) is 9.99 Å². The van der Waals surface area contributed by atoms with E-state index in [1.807, 2.05) is 47.5 Å². The van der Waals surface area contributed by atoms with Crippen LogP contribution in [0.5, 0.6) is 0 Å². The Morgan fingerprint density at radius 3 is 2.69 bits per heavy atom. The van der Waals surface area contributed by atoms with Crippen molar-refractivity contribution in [2.24, 2.45) is 0 Å². The number of likely N-dealkylation sites (N-methyl/N-ethyl adjacent to an activating group) is 1. The van der Waals surface area contributed by atoms with Crippen LogP contribution < -0.4 is 15.2 Å². The van der Waals surface area contributed by atoms with E-state index >= 15 is 0 Å². The van der Waals surface area contributed by atoms with Crippen LogP contribution in [0.1, 0.15) is 43.7 Å². The molecule has 3 N–H and O–H groups in total. The van der Waals surface area contributed by atoms with Crippen LogP contribution in [0.2, 0.25) is 0 Å². The molecule has 3 aliphatic rings. The molecule has 2 aromatic heterocycles. The lowest BCUT2D eigenvalue weighted by atomic mass is 9.95. The minimum absolute atomic E-state index is 0.431. The van der Waals surface area contributed by atoms with E-state index in [1.54, 1.807) is 18.1 Å². The number of hydrogen-bond acceptors (Lipinski definition) is 10. The Hall–Kier alpha value is -3.57. The van der Waals surface area contributed by atoms with Crippen LogP contribution in [0.3, 0.4) is 0 Å². The first-order valence-electron chi connectivity index (χ1n) is 13.7. The SMILES string of the molecule is CN1CCCN(c2ccc(Nc3ncc4c(n3)N3c5cccc(n5)C(C)(O)CC/C=C\CN3C4O)cc2)CC1. The Labute approximate surface area is 229 Å². The van der Waals surface area contributed by atoms with E-state index in [0.29, 0.717) is 48.2 Å². The second-order valence-electron chi connectivity index (χ2n) is 10.8. The van der Waals surface area contributed by atoms with Crippen molar-refractivity contribution in [3.8, 4) is 0 Å². The molecule has 2 atom stereocenters. The van der Waals surface area contributed by atoms with Gasteiger partial charge in [-0.05, 0) is 76.2 Å². The van der Waals surface area contributed by atoms with E-state index in [9.17, 15) is 10.2 Å². The third-order valence-corrected chi connectivity index (χ3v) is 7.78. The highest BCUT2D eigenvalue weighted by atomic mass is 16.3. The summed E-state index contributed by atoms with van der Waals surface area (Å²) in [7, 11) is 2.18. The van der Waals surface area contributed by atoms with Crippen LogP contribution in [-0.2, 0) is 5.60 Å². The van der Waals surface area contributed by atoms with Crippen LogP contribution in [-0.4, -0.2) is 74.8 Å². The van der Waals surface area contributed by atoms with Crippen molar-refractivity contribution in [3.05, 3.63) is 72.1 Å². The molecule has 1 saturated heterocycles. The Balaban J connectivity index is 1.28. The maximum Gasteiger partial charge on any atom is 0.229 e. The average molecular weight is 529 g/mol. The van der Waals surface area contributed by atoms with E-state index in [4.69, 9.17) is 9.97 Å². The summed E-state index contributed by atoms with van der Waals surface area (Å²) in [6, 6.07) is 13.9. The lowest BCUT2D eigenvalue weighted by molar-refractivity contribution is 0.0244. The molecule has 0 aliphatic carbocycles. The second-order valence-corrected chi connectivity index (χ2v) is 10.8. The molecule has 0 spiro atoms. The first kappa shape index (κ1) is 25.7. The molecule has 1 fully saturated rings. The molecule has 0 amide bonds. The Morgan fingerprint density at radius 2 is 1.85 bits per heavy atom. The van der Waals surface area contributed by atoms with Gasteiger partial charge in [-0.15, -0.1) is 0 Å². The predicted molar refractivity (Wildman–Crippen MR) is 152 cm³/mol. The summed E-state index contributed by atoms with van der Waals surface area (Å²) in [4.78, 5) is 18.9. The quantitative estimate of drug-likeness (QED) is 0.436. The number of aromatic nitrogens is 3. The number of rotatable bonds is 3. The minimum atomic E-state index is -1.06. The molecule has 10 nitrogen and oxygen atoms in total. The number of benzene rings is 1. The Morgan fingerprint density at radius 1 is 1.00 bits per heavy atom. The topological polar surface area (TPSA) is 104 Å². The number of aliphatic hydroxyl groups is 2. The molecule has 0 saturated carbocycles. The van der Waals surface area contributed by atoms with Crippen LogP contribution in [0, 0.1) is 0 Å². The molecule has 1 aromatic carbocycles. The highest BCUT2D eigenvalue weighted by Gasteiger charge is 2.39. The molecule has 3 aliphatic heterocycles. The Kier molecular flexibility index (Phi) is 6.94. The van der Waals surface area contributed by atoms with Gasteiger partial charge < -0.3 is 25.3 Å². The molecule has 3 aromatic rings. The molecule has 5 heterocycles. The number of fused-ring (bicyclic) bond motifs is 6. The number of pyridine rings is 1. The summed E-state index contributed by atoms with van der Waals surface area (Å²) >= 11 is 0. The molecular weight excluding hydrogens is 492 g/mol. The molecule has 2 unspecified atom stereocenters. The van der Waals surface area contributed by atoms with Crippen molar-refractivity contribution in [3.63, 3.8) is 0 Å². The third kappa shape index (κ3) is 5.20. The summed E-state index contributed by atoms with van der Waals surface area (Å²) in [5.41, 5.74) is 2.22. The van der Waals surface area contributed by atoms with Gasteiger partial charge in [0.25, 0.3) is 0 Å². The monoisotopic (exact) mass is 528 g/mol. The Bertz CT molecular complexity index is 1350. The molecule has 204 valence electrons. The van der Waals surface area contributed by atoms with E-state index in [2.05, 4.69) is 39.3 Å². The normalized spacial score (nSPS) is 24.9. The number of hydrogen-bond donors (Lipinski definition) is 3. The van der Waals surface area contributed by atoms with Gasteiger partial charge in [0.05, 0.1) is 11.3 Å². The van der Waals surface area contributed by atoms with E-state index < -0.39 is 11.8 Å². The van der Waals surface area contributed by atoms with E-state index in [1.165, 1.54) is 5.69 Å². The standard InChI is InChI=1S/C29H36N8O2/c1-29(39)14-4-3-5-17-36-27(38)23-20-30-28(33-26(23)37(36)25-9-6-8-24(29)32-25)31-21-10-12-22(13-11-21)35-16-7-15-34(2)18-19-35/h3,5-6,8-13,20,27,38-39H,4,7,14-19H2,1-2H3,(H,30,31,33)/b5-3-. The van der Waals surface area contributed by atoms with Gasteiger partial charge in [0, 0.05) is 43.8 Å². The summed E-state index contributed by atoms with van der Waals surface area (Å²) in [5, 5.41) is 29.2. The highest BCUT2D eigenvalue weighted by molar-refractivity contribution is 5.66. The van der Waals surface area contributed by atoms with E-state index in [0.717, 1.165) is 38.3 Å². The van der Waals surface area contributed by atoms with Crippen molar-refractivity contribution in [1.82, 2.24) is 24.9 Å². The first-order chi connectivity index (χ1) is 18.9. The number of aliphatic hydroxyl groups excluding tert-OH is 1. The van der Waals surface area contributed by atoms with E-state index in [-0.39, 0.29) is 0 Å². The zero-order valence-electron chi connectivity index (χ0n) is 22.5. The average Bonchev–Trinajstić information content (AvgIpc) is 3.05. The number of anilines is 5. The van der Waals surface area contributed by atoms with Crippen LogP contribution >= 0.6 is 0 Å². The molecule has 0 radical (unpaired) electrons. The fourth-order valence-electron chi connectivity index (χ4n) is 5.43. The molecular formula is C29H36N8O2. The van der Waals surface area contributed by atoms with Crippen molar-refractivity contribution in [2.75, 3.05) is 55.0 Å². The summed E-state index contributed by atoms with van der Waals surface area (Å²) in [6.45, 7) is 6.52. The third-order valence-electron chi connectivity index (χ3n) is 7.78. The minimum Gasteiger partial charge on any atom is -0.384 e. The largest absolute Gasteiger partial charge is 0.384 e. The summed E-state index contributed by atoms with van der Waals surface area (Å²) in [6.07, 6.45) is 7.20. The van der Waals surface area contributed by atoms with Gasteiger partial charge in [-0.1, -0.05) is 18.2 Å². The lowest BCUT2D eigenvalue weighted by Gasteiger charge is -2.30.